The number of alkyl carbamates (subject to hydrolysis) is 2. The molecule has 4 aromatic carbocycles. The Morgan fingerprint density at radius 1 is 0.562 bits per heavy atom. The van der Waals surface area contributed by atoms with E-state index in [1.54, 1.807) is 27.7 Å². The Labute approximate surface area is 474 Å². The van der Waals surface area contributed by atoms with Gasteiger partial charge in [0, 0.05) is 55.4 Å². The van der Waals surface area contributed by atoms with Crippen LogP contribution >= 0.6 is 21.6 Å². The van der Waals surface area contributed by atoms with Gasteiger partial charge >= 0.3 is 24.1 Å². The lowest BCUT2D eigenvalue weighted by Crippen LogP contribution is -2.46. The average molecular weight is 1140 g/mol. The lowest BCUT2D eigenvalue weighted by molar-refractivity contribution is -0.157. The third-order valence-electron chi connectivity index (χ3n) is 13.4. The molecule has 2 aliphatic rings. The third-order valence-corrected chi connectivity index (χ3v) is 15.9. The number of nitrogens with one attached hydrogen (secondary N) is 4. The van der Waals surface area contributed by atoms with Crippen molar-refractivity contribution in [1.29, 1.82) is 0 Å². The molecule has 4 N–H and O–H groups in total. The number of fused-ring (bicyclic) bond motifs is 6. The summed E-state index contributed by atoms with van der Waals surface area (Å²) in [5.74, 6) is -5.77. The smallest absolute Gasteiger partial charge is 0.407 e. The Kier molecular flexibility index (Phi) is 23.0. The van der Waals surface area contributed by atoms with E-state index in [0.29, 0.717) is 0 Å². The second kappa shape index (κ2) is 29.8. The Morgan fingerprint density at radius 2 is 1.04 bits per heavy atom. The fraction of sp³-hybridized carbons (Fsp3) is 0.433. The number of amides is 4. The van der Waals surface area contributed by atoms with Crippen LogP contribution in [0.3, 0.4) is 0 Å². The number of hydrogen-bond acceptors (Lipinski definition) is 16. The molecule has 18 nitrogen and oxygen atoms in total. The van der Waals surface area contributed by atoms with E-state index in [1.807, 2.05) is 97.1 Å². The first kappa shape index (κ1) is 61.9. The molecule has 0 bridgehead atoms. The van der Waals surface area contributed by atoms with E-state index in [1.165, 1.54) is 13.8 Å². The van der Waals surface area contributed by atoms with Gasteiger partial charge in [-0.1, -0.05) is 119 Å². The zero-order valence-corrected chi connectivity index (χ0v) is 47.6. The molecule has 80 heavy (non-hydrogen) atoms. The summed E-state index contributed by atoms with van der Waals surface area (Å²) in [6.45, 7) is 8.82. The van der Waals surface area contributed by atoms with Gasteiger partial charge in [-0.3, -0.25) is 28.8 Å². The van der Waals surface area contributed by atoms with Gasteiger partial charge in [0.15, 0.2) is 11.6 Å². The van der Waals surface area contributed by atoms with Gasteiger partial charge in [-0.05, 0) is 98.9 Å². The van der Waals surface area contributed by atoms with Crippen LogP contribution in [0.25, 0.3) is 22.3 Å². The summed E-state index contributed by atoms with van der Waals surface area (Å²) in [5, 5.41) is 10.4. The highest BCUT2D eigenvalue weighted by molar-refractivity contribution is 8.76. The minimum atomic E-state index is -1.31. The molecular formula is C60H70N4O14S2. The summed E-state index contributed by atoms with van der Waals surface area (Å²) in [5.41, 5.74) is 7.25. The molecule has 0 spiro atoms. The second-order valence-electron chi connectivity index (χ2n) is 20.6. The van der Waals surface area contributed by atoms with Crippen molar-refractivity contribution in [2.75, 3.05) is 37.9 Å². The van der Waals surface area contributed by atoms with Crippen LogP contribution in [0.4, 0.5) is 9.59 Å². The maximum absolute atomic E-state index is 13.6. The Hall–Kier alpha value is -7.32. The molecule has 4 aromatic rings. The summed E-state index contributed by atoms with van der Waals surface area (Å²) in [4.78, 5) is 131. The summed E-state index contributed by atoms with van der Waals surface area (Å²) < 4.78 is 21.9. The van der Waals surface area contributed by atoms with Gasteiger partial charge in [0.05, 0.1) is 24.6 Å². The highest BCUT2D eigenvalue weighted by Crippen LogP contribution is 2.46. The normalized spacial score (nSPS) is 13.8. The number of Topliss-reactive ketones (excluding diaryl/α,β-unsaturated/α-hetero) is 4. The first-order valence-electron chi connectivity index (χ1n) is 26.7. The maximum atomic E-state index is 13.6. The number of benzene rings is 4. The minimum Gasteiger partial charge on any atom is -0.465 e. The zero-order chi connectivity index (χ0) is 57.9. The van der Waals surface area contributed by atoms with Crippen molar-refractivity contribution in [3.8, 4) is 22.3 Å². The van der Waals surface area contributed by atoms with E-state index < -0.39 is 89.5 Å². The van der Waals surface area contributed by atoms with Crippen LogP contribution in [0.5, 0.6) is 0 Å². The largest absolute Gasteiger partial charge is 0.465 e. The van der Waals surface area contributed by atoms with E-state index in [-0.39, 0.29) is 93.9 Å². The van der Waals surface area contributed by atoms with Gasteiger partial charge in [-0.25, -0.2) is 14.4 Å². The number of ketones is 4. The van der Waals surface area contributed by atoms with E-state index in [0.717, 1.165) is 66.1 Å². The molecule has 2 aliphatic carbocycles. The molecule has 0 saturated carbocycles. The summed E-state index contributed by atoms with van der Waals surface area (Å²) >= 11 is 0. The minimum absolute atomic E-state index is 0.000607. The van der Waals surface area contributed by atoms with Gasteiger partial charge in [0.1, 0.15) is 43.0 Å². The van der Waals surface area contributed by atoms with E-state index in [9.17, 15) is 47.9 Å². The van der Waals surface area contributed by atoms with Crippen LogP contribution in [0.1, 0.15) is 121 Å². The molecule has 426 valence electrons. The molecule has 4 atom stereocenters. The molecule has 0 aromatic heterocycles. The van der Waals surface area contributed by atoms with Crippen molar-refractivity contribution >= 4 is 80.7 Å². The quantitative estimate of drug-likeness (QED) is 0.0166. The molecule has 6 rings (SSSR count). The van der Waals surface area contributed by atoms with Gasteiger partial charge in [0.2, 0.25) is 11.8 Å². The summed E-state index contributed by atoms with van der Waals surface area (Å²) in [6, 6.07) is 27.9. The predicted octanol–water partition coefficient (Wildman–Crippen LogP) is 8.35. The topological polar surface area (TPSA) is 256 Å². The van der Waals surface area contributed by atoms with Gasteiger partial charge in [-0.2, -0.15) is 0 Å². The van der Waals surface area contributed by atoms with Crippen molar-refractivity contribution in [3.05, 3.63) is 119 Å². The predicted molar refractivity (Wildman–Crippen MR) is 304 cm³/mol. The van der Waals surface area contributed by atoms with Crippen LogP contribution in [0.2, 0.25) is 0 Å². The summed E-state index contributed by atoms with van der Waals surface area (Å²) in [7, 11) is 2.24. The van der Waals surface area contributed by atoms with Crippen molar-refractivity contribution < 1.29 is 66.9 Å². The molecule has 20 heteroatoms. The second-order valence-corrected chi connectivity index (χ2v) is 23.1. The first-order chi connectivity index (χ1) is 38.2. The van der Waals surface area contributed by atoms with Gasteiger partial charge in [-0.15, -0.1) is 0 Å². The molecule has 4 amide bonds. The highest BCUT2D eigenvalue weighted by Gasteiger charge is 2.34. The SMILES string of the molecule is CCOC(=O)CNC(=O)[C@H](CSSC[C@H](NC(=O)CC[C@H](NC(=O)OCC1c2ccccc2-c2ccccc21)C(=O)OC(C)(C)C)C(=O)CCC(C)=O)CC(=O)CC[C@H](NC(=O)OCC1c2ccccc2-c2ccccc21)C(C)=O. The van der Waals surface area contributed by atoms with Gasteiger partial charge < -0.3 is 45.0 Å². The monoisotopic (exact) mass is 1130 g/mol. The van der Waals surface area contributed by atoms with Crippen molar-refractivity contribution in [3.63, 3.8) is 0 Å². The zero-order valence-electron chi connectivity index (χ0n) is 45.9. The third kappa shape index (κ3) is 18.1. The highest BCUT2D eigenvalue weighted by atomic mass is 33.1. The lowest BCUT2D eigenvalue weighted by atomic mass is 9.98. The molecule has 0 aliphatic heterocycles. The van der Waals surface area contributed by atoms with Crippen LogP contribution in [-0.2, 0) is 57.3 Å². The fourth-order valence-electron chi connectivity index (χ4n) is 9.47. The lowest BCUT2D eigenvalue weighted by Gasteiger charge is -2.25. The van der Waals surface area contributed by atoms with Crippen LogP contribution in [0.15, 0.2) is 97.1 Å². The number of carbonyl (C=O) groups is 10. The molecule has 0 unspecified atom stereocenters. The van der Waals surface area contributed by atoms with Crippen molar-refractivity contribution in [2.24, 2.45) is 5.92 Å². The van der Waals surface area contributed by atoms with E-state index in [4.69, 9.17) is 18.9 Å². The Bertz CT molecular complexity index is 2830. The molecule has 0 heterocycles. The number of carbonyl (C=O) groups excluding carboxylic acids is 10. The number of esters is 2. The fourth-order valence-corrected chi connectivity index (χ4v) is 12.0. The standard InChI is InChI=1S/C60H70N4O14S2/c1-7-75-55(70)31-61-56(71)38(30-39(67)25-26-50(37(3)66)63-58(73)76-32-48-44-20-12-8-16-40(44)41-17-9-13-21-45(41)48)34-79-80-35-52(53(68)28-24-36(2)65)62-54(69)29-27-51(57(72)78-60(4,5)6)64-59(74)77-33-49-46-22-14-10-18-42(46)43-19-11-15-23-47(43)49/h8-23,38,48-52H,7,24-35H2,1-6H3,(H,61,71)(H,62,69)(H,63,73)(H,64,74)/t38-,50-,51-,52-/m0/s1. The average Bonchev–Trinajstić information content (AvgIpc) is 3.95. The van der Waals surface area contributed by atoms with Crippen molar-refractivity contribution in [2.45, 2.75) is 122 Å². The van der Waals surface area contributed by atoms with E-state index in [2.05, 4.69) is 21.3 Å². The number of hydrogen-bond donors (Lipinski definition) is 4. The molecular weight excluding hydrogens is 1060 g/mol. The first-order valence-corrected chi connectivity index (χ1v) is 29.2. The Balaban J connectivity index is 1.03. The van der Waals surface area contributed by atoms with E-state index >= 15 is 0 Å². The number of rotatable bonds is 30. The molecule has 0 fully saturated rings. The van der Waals surface area contributed by atoms with Crippen LogP contribution < -0.4 is 21.3 Å². The van der Waals surface area contributed by atoms with Crippen LogP contribution in [-0.4, -0.2) is 121 Å². The maximum Gasteiger partial charge on any atom is 0.407 e. The van der Waals surface area contributed by atoms with Crippen LogP contribution in [0, 0.1) is 5.92 Å². The van der Waals surface area contributed by atoms with Crippen molar-refractivity contribution in [1.82, 2.24) is 21.3 Å². The number of ether oxygens (including phenoxy) is 4. The Morgan fingerprint density at radius 3 is 1.51 bits per heavy atom. The summed E-state index contributed by atoms with van der Waals surface area (Å²) in [6.07, 6.45) is -3.12. The molecule has 0 saturated heterocycles. The molecule has 0 radical (unpaired) electrons. The van der Waals surface area contributed by atoms with Gasteiger partial charge in [0.25, 0.3) is 0 Å².